The summed E-state index contributed by atoms with van der Waals surface area (Å²) < 4.78 is 3.25. The average molecular weight is 308 g/mol. The van der Waals surface area contributed by atoms with Crippen LogP contribution in [0.5, 0.6) is 0 Å². The summed E-state index contributed by atoms with van der Waals surface area (Å²) >= 11 is 5.23. The van der Waals surface area contributed by atoms with Crippen LogP contribution in [0.15, 0.2) is 82.5 Å². The maximum atomic E-state index is 5.72. The molecule has 0 fully saturated rings. The maximum absolute atomic E-state index is 5.72. The number of hydrogen-bond donors (Lipinski definition) is 1. The lowest BCUT2D eigenvalue weighted by Crippen LogP contribution is -1.84. The van der Waals surface area contributed by atoms with E-state index in [2.05, 4.69) is 34.0 Å². The summed E-state index contributed by atoms with van der Waals surface area (Å²) in [6.07, 6.45) is 0. The number of benzene rings is 3. The Bertz CT molecular complexity index is 776. The first-order valence-corrected chi connectivity index (χ1v) is 7.18. The van der Waals surface area contributed by atoms with Crippen molar-refractivity contribution in [1.82, 2.24) is 0 Å². The molecule has 2 N–H and O–H groups in total. The van der Waals surface area contributed by atoms with Gasteiger partial charge in [-0.2, -0.15) is 0 Å². The van der Waals surface area contributed by atoms with Crippen LogP contribution in [0.2, 0.25) is 0 Å². The Morgan fingerprint density at radius 3 is 1.36 bits per heavy atom. The van der Waals surface area contributed by atoms with E-state index in [1.807, 2.05) is 48.5 Å². The standard InChI is InChI=1S/C18H14ClN3/c19-22-21-18-11-7-16(8-12-18)14-3-1-13(2-4-14)15-5-9-17(20)10-6-15/h1-12H,20H2. The monoisotopic (exact) mass is 307 g/mol. The molecule has 0 unspecified atom stereocenters. The molecule has 0 aliphatic heterocycles. The molecule has 3 aromatic rings. The number of nitrogen functional groups attached to an aromatic ring is 1. The van der Waals surface area contributed by atoms with Crippen molar-refractivity contribution in [3.8, 4) is 22.3 Å². The number of halogens is 1. The maximum Gasteiger partial charge on any atom is 0.0868 e. The zero-order chi connectivity index (χ0) is 15.4. The molecule has 0 bridgehead atoms. The third-order valence-corrected chi connectivity index (χ3v) is 3.56. The highest BCUT2D eigenvalue weighted by molar-refractivity contribution is 6.14. The van der Waals surface area contributed by atoms with Gasteiger partial charge in [-0.15, -0.1) is 5.11 Å². The van der Waals surface area contributed by atoms with Crippen LogP contribution in [-0.4, -0.2) is 0 Å². The van der Waals surface area contributed by atoms with Crippen molar-refractivity contribution in [2.45, 2.75) is 0 Å². The van der Waals surface area contributed by atoms with Crippen LogP contribution in [0, 0.1) is 0 Å². The van der Waals surface area contributed by atoms with E-state index in [-0.39, 0.29) is 0 Å². The Hall–Kier alpha value is -2.65. The van der Waals surface area contributed by atoms with E-state index in [9.17, 15) is 0 Å². The summed E-state index contributed by atoms with van der Waals surface area (Å²) in [7, 11) is 0. The molecule has 3 aromatic carbocycles. The van der Waals surface area contributed by atoms with Crippen LogP contribution in [-0.2, 0) is 0 Å². The quantitative estimate of drug-likeness (QED) is 0.479. The van der Waals surface area contributed by atoms with Gasteiger partial charge in [0.15, 0.2) is 0 Å². The smallest absolute Gasteiger partial charge is 0.0868 e. The molecule has 0 atom stereocenters. The lowest BCUT2D eigenvalue weighted by molar-refractivity contribution is 1.33. The van der Waals surface area contributed by atoms with Crippen molar-refractivity contribution in [2.24, 2.45) is 9.75 Å². The van der Waals surface area contributed by atoms with Crippen molar-refractivity contribution in [3.05, 3.63) is 72.8 Å². The van der Waals surface area contributed by atoms with E-state index in [0.717, 1.165) is 33.6 Å². The van der Waals surface area contributed by atoms with Gasteiger partial charge in [0.05, 0.1) is 17.5 Å². The summed E-state index contributed by atoms with van der Waals surface area (Å²) in [5, 5.41) is 3.78. The van der Waals surface area contributed by atoms with Crippen molar-refractivity contribution in [2.75, 3.05) is 5.73 Å². The van der Waals surface area contributed by atoms with E-state index < -0.39 is 0 Å². The fourth-order valence-corrected chi connectivity index (χ4v) is 2.38. The second-order valence-corrected chi connectivity index (χ2v) is 5.07. The van der Waals surface area contributed by atoms with E-state index in [1.54, 1.807) is 0 Å². The van der Waals surface area contributed by atoms with Crippen molar-refractivity contribution in [3.63, 3.8) is 0 Å². The Balaban J connectivity index is 1.86. The highest BCUT2D eigenvalue weighted by Crippen LogP contribution is 2.27. The number of anilines is 1. The highest BCUT2D eigenvalue weighted by atomic mass is 35.5. The fraction of sp³-hybridized carbons (Fsp3) is 0. The molecular formula is C18H14ClN3. The Labute approximate surface area is 134 Å². The van der Waals surface area contributed by atoms with Crippen LogP contribution in [0.1, 0.15) is 0 Å². The first-order chi connectivity index (χ1) is 10.8. The van der Waals surface area contributed by atoms with Gasteiger partial charge in [0.25, 0.3) is 0 Å². The molecule has 0 aromatic heterocycles. The summed E-state index contributed by atoms with van der Waals surface area (Å²) in [6, 6.07) is 24.0. The minimum Gasteiger partial charge on any atom is -0.399 e. The molecule has 22 heavy (non-hydrogen) atoms. The minimum atomic E-state index is 0.734. The zero-order valence-corrected chi connectivity index (χ0v) is 12.5. The van der Waals surface area contributed by atoms with Crippen molar-refractivity contribution >= 4 is 23.2 Å². The van der Waals surface area contributed by atoms with Gasteiger partial charge < -0.3 is 5.73 Å². The fourth-order valence-electron chi connectivity index (χ4n) is 2.29. The van der Waals surface area contributed by atoms with Gasteiger partial charge in [-0.1, -0.05) is 53.2 Å². The van der Waals surface area contributed by atoms with E-state index >= 15 is 0 Å². The largest absolute Gasteiger partial charge is 0.399 e. The molecule has 0 radical (unpaired) electrons. The SMILES string of the molecule is Nc1ccc(-c2ccc(-c3ccc(N=NCl)cc3)cc2)cc1. The first kappa shape index (κ1) is 14.3. The molecular weight excluding hydrogens is 294 g/mol. The average Bonchev–Trinajstić information content (AvgIpc) is 2.57. The lowest BCUT2D eigenvalue weighted by Gasteiger charge is -2.05. The molecule has 0 aliphatic rings. The molecule has 0 spiro atoms. The second-order valence-electron chi connectivity index (χ2n) is 4.92. The van der Waals surface area contributed by atoms with Gasteiger partial charge in [0.2, 0.25) is 0 Å². The van der Waals surface area contributed by atoms with E-state index in [1.165, 1.54) is 0 Å². The van der Waals surface area contributed by atoms with Gasteiger partial charge in [-0.05, 0) is 46.5 Å². The minimum absolute atomic E-state index is 0.734. The van der Waals surface area contributed by atoms with E-state index in [4.69, 9.17) is 17.5 Å². The number of nitrogens with zero attached hydrogens (tertiary/aromatic N) is 2. The lowest BCUT2D eigenvalue weighted by atomic mass is 10.00. The molecule has 0 aliphatic carbocycles. The first-order valence-electron chi connectivity index (χ1n) is 6.85. The normalized spacial score (nSPS) is 11.0. The summed E-state index contributed by atoms with van der Waals surface area (Å²) in [5.41, 5.74) is 11.8. The Kier molecular flexibility index (Phi) is 4.17. The molecule has 0 saturated heterocycles. The van der Waals surface area contributed by atoms with Crippen molar-refractivity contribution in [1.29, 1.82) is 0 Å². The number of rotatable bonds is 3. The van der Waals surface area contributed by atoms with Gasteiger partial charge in [-0.25, -0.2) is 0 Å². The van der Waals surface area contributed by atoms with Crippen LogP contribution < -0.4 is 5.73 Å². The van der Waals surface area contributed by atoms with Crippen LogP contribution in [0.3, 0.4) is 0 Å². The summed E-state index contributed by atoms with van der Waals surface area (Å²) in [4.78, 5) is 0. The van der Waals surface area contributed by atoms with Crippen molar-refractivity contribution < 1.29 is 0 Å². The van der Waals surface area contributed by atoms with Gasteiger partial charge in [-0.3, -0.25) is 0 Å². The zero-order valence-electron chi connectivity index (χ0n) is 11.8. The number of hydrogen-bond acceptors (Lipinski definition) is 3. The molecule has 3 rings (SSSR count). The highest BCUT2D eigenvalue weighted by Gasteiger charge is 2.01. The van der Waals surface area contributed by atoms with E-state index in [0.29, 0.717) is 0 Å². The predicted molar refractivity (Wildman–Crippen MR) is 92.1 cm³/mol. The Morgan fingerprint density at radius 1 is 0.591 bits per heavy atom. The predicted octanol–water partition coefficient (Wildman–Crippen LogP) is 5.84. The molecule has 0 saturated carbocycles. The third-order valence-electron chi connectivity index (χ3n) is 3.48. The summed E-state index contributed by atoms with van der Waals surface area (Å²) in [6.45, 7) is 0. The number of nitrogens with two attached hydrogens (primary N) is 1. The molecule has 0 heterocycles. The van der Waals surface area contributed by atoms with Crippen LogP contribution in [0.25, 0.3) is 22.3 Å². The van der Waals surface area contributed by atoms with Crippen LogP contribution >= 0.6 is 11.8 Å². The third kappa shape index (κ3) is 3.15. The molecule has 0 amide bonds. The summed E-state index contributed by atoms with van der Waals surface area (Å²) in [5.74, 6) is 0. The molecule has 4 heteroatoms. The van der Waals surface area contributed by atoms with Gasteiger partial charge in [0, 0.05) is 5.69 Å². The van der Waals surface area contributed by atoms with Gasteiger partial charge >= 0.3 is 0 Å². The van der Waals surface area contributed by atoms with Gasteiger partial charge in [0.1, 0.15) is 0 Å². The van der Waals surface area contributed by atoms with Crippen LogP contribution in [0.4, 0.5) is 11.4 Å². The second kappa shape index (κ2) is 6.41. The molecule has 3 nitrogen and oxygen atoms in total. The Morgan fingerprint density at radius 2 is 0.955 bits per heavy atom. The molecule has 108 valence electrons. The topological polar surface area (TPSA) is 50.7 Å².